The summed E-state index contributed by atoms with van der Waals surface area (Å²) in [6.45, 7) is 3.94. The van der Waals surface area contributed by atoms with Gasteiger partial charge in [0, 0.05) is 25.2 Å². The molecule has 1 atom stereocenters. The van der Waals surface area contributed by atoms with Crippen molar-refractivity contribution in [1.29, 1.82) is 0 Å². The molecule has 1 aliphatic heterocycles. The Balaban J connectivity index is 1.43. The Hall–Kier alpha value is -2.02. The van der Waals surface area contributed by atoms with E-state index in [-0.39, 0.29) is 18.6 Å². The van der Waals surface area contributed by atoms with Gasteiger partial charge in [0.15, 0.2) is 0 Å². The van der Waals surface area contributed by atoms with Gasteiger partial charge in [0.05, 0.1) is 13.7 Å². The molecule has 138 valence electrons. The van der Waals surface area contributed by atoms with E-state index in [1.165, 1.54) is 32.8 Å². The molecule has 1 aromatic heterocycles. The van der Waals surface area contributed by atoms with Gasteiger partial charge in [0.1, 0.15) is 17.1 Å². The monoisotopic (exact) mass is 349 g/mol. The molecule has 2 aliphatic rings. The van der Waals surface area contributed by atoms with Gasteiger partial charge in [0.25, 0.3) is 0 Å². The smallest absolute Gasteiger partial charge is 0.341 e. The molecule has 7 heteroatoms. The van der Waals surface area contributed by atoms with E-state index in [4.69, 9.17) is 9.15 Å². The van der Waals surface area contributed by atoms with Crippen LogP contribution in [0.3, 0.4) is 0 Å². The largest absolute Gasteiger partial charge is 0.465 e. The number of likely N-dealkylation sites (tertiary alicyclic amines) is 1. The number of carbonyl (C=O) groups is 2. The third-order valence-corrected chi connectivity index (χ3v) is 5.19. The summed E-state index contributed by atoms with van der Waals surface area (Å²) in [6, 6.07) is 2.31. The lowest BCUT2D eigenvalue weighted by Crippen LogP contribution is -2.43. The van der Waals surface area contributed by atoms with Crippen molar-refractivity contribution >= 4 is 12.0 Å². The maximum Gasteiger partial charge on any atom is 0.341 e. The summed E-state index contributed by atoms with van der Waals surface area (Å²) in [4.78, 5) is 26.2. The number of methoxy groups -OCH3 is 1. The van der Waals surface area contributed by atoms with Gasteiger partial charge in [0.2, 0.25) is 0 Å². The van der Waals surface area contributed by atoms with Crippen LogP contribution in [0.15, 0.2) is 10.5 Å². The number of nitrogens with one attached hydrogen (secondary N) is 2. The molecule has 25 heavy (non-hydrogen) atoms. The van der Waals surface area contributed by atoms with Gasteiger partial charge < -0.3 is 19.8 Å². The quantitative estimate of drug-likeness (QED) is 0.796. The first-order valence-electron chi connectivity index (χ1n) is 9.03. The molecule has 2 heterocycles. The molecule has 0 aromatic carbocycles. The number of nitrogens with zero attached hydrogens (tertiary/aromatic N) is 1. The summed E-state index contributed by atoms with van der Waals surface area (Å²) in [5, 5.41) is 5.83. The number of furan rings is 1. The number of hydrogen-bond acceptors (Lipinski definition) is 5. The van der Waals surface area contributed by atoms with Crippen molar-refractivity contribution < 1.29 is 18.7 Å². The summed E-state index contributed by atoms with van der Waals surface area (Å²) < 4.78 is 10.2. The third-order valence-electron chi connectivity index (χ3n) is 5.19. The Labute approximate surface area is 148 Å². The van der Waals surface area contributed by atoms with Gasteiger partial charge in [-0.2, -0.15) is 0 Å². The van der Waals surface area contributed by atoms with E-state index in [0.717, 1.165) is 19.5 Å². The predicted octanol–water partition coefficient (Wildman–Crippen LogP) is 2.19. The second-order valence-corrected chi connectivity index (χ2v) is 6.92. The van der Waals surface area contributed by atoms with Crippen LogP contribution < -0.4 is 10.6 Å². The highest BCUT2D eigenvalue weighted by Crippen LogP contribution is 2.26. The predicted molar refractivity (Wildman–Crippen MR) is 92.4 cm³/mol. The van der Waals surface area contributed by atoms with Crippen LogP contribution in [0, 0.1) is 6.92 Å². The van der Waals surface area contributed by atoms with Gasteiger partial charge in [-0.3, -0.25) is 4.90 Å². The minimum atomic E-state index is -0.435. The van der Waals surface area contributed by atoms with Crippen molar-refractivity contribution in [3.8, 4) is 0 Å². The van der Waals surface area contributed by atoms with Crippen LogP contribution in [0.5, 0.6) is 0 Å². The van der Waals surface area contributed by atoms with E-state index in [1.807, 2.05) is 0 Å². The molecule has 1 aromatic rings. The van der Waals surface area contributed by atoms with E-state index in [0.29, 0.717) is 23.1 Å². The van der Waals surface area contributed by atoms with Crippen molar-refractivity contribution in [3.05, 3.63) is 23.2 Å². The Bertz CT molecular complexity index is 622. The lowest BCUT2D eigenvalue weighted by Gasteiger charge is -2.23. The van der Waals surface area contributed by atoms with Gasteiger partial charge in [-0.15, -0.1) is 0 Å². The van der Waals surface area contributed by atoms with E-state index in [1.54, 1.807) is 13.0 Å². The molecular weight excluding hydrogens is 322 g/mol. The van der Waals surface area contributed by atoms with Crippen LogP contribution in [-0.4, -0.2) is 49.2 Å². The summed E-state index contributed by atoms with van der Waals surface area (Å²) >= 11 is 0. The van der Waals surface area contributed by atoms with Crippen molar-refractivity contribution in [3.63, 3.8) is 0 Å². The van der Waals surface area contributed by atoms with Crippen LogP contribution in [0.2, 0.25) is 0 Å². The highest BCUT2D eigenvalue weighted by atomic mass is 16.5. The first kappa shape index (κ1) is 17.8. The first-order chi connectivity index (χ1) is 12.1. The zero-order valence-electron chi connectivity index (χ0n) is 15.0. The molecule has 2 N–H and O–H groups in total. The summed E-state index contributed by atoms with van der Waals surface area (Å²) in [6.07, 6.45) is 6.24. The molecular formula is C18H27N3O4. The van der Waals surface area contributed by atoms with E-state index >= 15 is 0 Å². The van der Waals surface area contributed by atoms with E-state index < -0.39 is 5.97 Å². The highest BCUT2D eigenvalue weighted by molar-refractivity contribution is 5.90. The molecule has 0 unspecified atom stereocenters. The molecule has 0 bridgehead atoms. The minimum absolute atomic E-state index is 0.199. The highest BCUT2D eigenvalue weighted by Gasteiger charge is 2.30. The van der Waals surface area contributed by atoms with Gasteiger partial charge in [-0.1, -0.05) is 12.8 Å². The lowest BCUT2D eigenvalue weighted by molar-refractivity contribution is 0.0598. The number of carbonyl (C=O) groups excluding carboxylic acids is 2. The average molecular weight is 349 g/mol. The summed E-state index contributed by atoms with van der Waals surface area (Å²) in [5.41, 5.74) is 0.391. The molecule has 1 aliphatic carbocycles. The maximum absolute atomic E-state index is 12.1. The van der Waals surface area contributed by atoms with E-state index in [9.17, 15) is 9.59 Å². The number of esters is 1. The first-order valence-corrected chi connectivity index (χ1v) is 9.03. The van der Waals surface area contributed by atoms with Crippen LogP contribution in [0.1, 0.15) is 54.0 Å². The molecule has 0 radical (unpaired) electrons. The average Bonchev–Trinajstić information content (AvgIpc) is 3.32. The third kappa shape index (κ3) is 4.34. The number of urea groups is 1. The molecule has 2 amide bonds. The molecule has 2 fully saturated rings. The molecule has 0 spiro atoms. The zero-order chi connectivity index (χ0) is 17.8. The van der Waals surface area contributed by atoms with Gasteiger partial charge >= 0.3 is 12.0 Å². The lowest BCUT2D eigenvalue weighted by atomic mass is 10.2. The fourth-order valence-corrected chi connectivity index (χ4v) is 3.85. The van der Waals surface area contributed by atoms with Crippen LogP contribution in [-0.2, 0) is 11.3 Å². The molecule has 7 nitrogen and oxygen atoms in total. The molecule has 3 rings (SSSR count). The Kier molecular flexibility index (Phi) is 5.63. The van der Waals surface area contributed by atoms with Crippen molar-refractivity contribution in [2.75, 3.05) is 20.2 Å². The van der Waals surface area contributed by atoms with E-state index in [2.05, 4.69) is 15.5 Å². The number of amides is 2. The zero-order valence-corrected chi connectivity index (χ0v) is 15.0. The SMILES string of the molecule is COC(=O)c1cc(CNC(=O)N[C@@H]2CCN(C3CCCC3)C2)oc1C. The molecule has 1 saturated carbocycles. The molecule has 1 saturated heterocycles. The number of aryl methyl sites for hydroxylation is 1. The number of rotatable bonds is 5. The summed E-state index contributed by atoms with van der Waals surface area (Å²) in [5.74, 6) is 0.592. The minimum Gasteiger partial charge on any atom is -0.465 e. The summed E-state index contributed by atoms with van der Waals surface area (Å²) in [7, 11) is 1.33. The number of hydrogen-bond donors (Lipinski definition) is 2. The van der Waals surface area contributed by atoms with Crippen molar-refractivity contribution in [2.45, 2.75) is 57.7 Å². The van der Waals surface area contributed by atoms with Crippen molar-refractivity contribution in [2.24, 2.45) is 0 Å². The normalized spacial score (nSPS) is 21.4. The van der Waals surface area contributed by atoms with Crippen LogP contribution in [0.25, 0.3) is 0 Å². The fourth-order valence-electron chi connectivity index (χ4n) is 3.85. The Morgan fingerprint density at radius 1 is 1.32 bits per heavy atom. The van der Waals surface area contributed by atoms with Gasteiger partial charge in [-0.25, -0.2) is 9.59 Å². The fraction of sp³-hybridized carbons (Fsp3) is 0.667. The van der Waals surface area contributed by atoms with Crippen LogP contribution in [0.4, 0.5) is 4.79 Å². The Morgan fingerprint density at radius 2 is 2.08 bits per heavy atom. The van der Waals surface area contributed by atoms with Gasteiger partial charge in [-0.05, 0) is 32.3 Å². The second kappa shape index (κ2) is 7.91. The number of ether oxygens (including phenoxy) is 1. The standard InChI is InChI=1S/C18H27N3O4/c1-12-16(17(22)24-2)9-15(25-12)10-19-18(23)20-13-7-8-21(11-13)14-5-3-4-6-14/h9,13-14H,3-8,10-11H2,1-2H3,(H2,19,20,23)/t13-/m1/s1. The maximum atomic E-state index is 12.1. The Morgan fingerprint density at radius 3 is 2.80 bits per heavy atom. The topological polar surface area (TPSA) is 83.8 Å². The van der Waals surface area contributed by atoms with Crippen LogP contribution >= 0.6 is 0 Å². The second-order valence-electron chi connectivity index (χ2n) is 6.92. The van der Waals surface area contributed by atoms with Crippen molar-refractivity contribution in [1.82, 2.24) is 15.5 Å².